The zero-order chi connectivity index (χ0) is 12.3. The van der Waals surface area contributed by atoms with Crippen LogP contribution in [-0.4, -0.2) is 40.0 Å². The lowest BCUT2D eigenvalue weighted by atomic mass is 10.1. The molecule has 0 amide bonds. The third-order valence-electron chi connectivity index (χ3n) is 2.77. The van der Waals surface area contributed by atoms with E-state index in [9.17, 15) is 4.79 Å². The number of nitrogens with zero attached hydrogens (tertiary/aromatic N) is 1. The van der Waals surface area contributed by atoms with E-state index >= 15 is 0 Å². The summed E-state index contributed by atoms with van der Waals surface area (Å²) in [6.45, 7) is 3.91. The molecule has 1 fully saturated rings. The van der Waals surface area contributed by atoms with Crippen molar-refractivity contribution in [3.8, 4) is 0 Å². The average Bonchev–Trinajstić information content (AvgIpc) is 2.76. The van der Waals surface area contributed by atoms with Gasteiger partial charge in [-0.3, -0.25) is 4.79 Å². The summed E-state index contributed by atoms with van der Waals surface area (Å²) in [6.07, 6.45) is 1.92. The van der Waals surface area contributed by atoms with Gasteiger partial charge < -0.3 is 9.57 Å². The molecule has 0 N–H and O–H groups in total. The lowest BCUT2D eigenvalue weighted by Gasteiger charge is -2.31. The minimum atomic E-state index is -0.269. The number of thioether (sulfide) groups is 2. The Morgan fingerprint density at radius 2 is 2.29 bits per heavy atom. The molecule has 17 heavy (non-hydrogen) atoms. The van der Waals surface area contributed by atoms with E-state index in [-0.39, 0.29) is 16.2 Å². The standard InChI is InChI=1S/C11H17NO3S2/c1-8(13)14-7-9-6-10(12-15-9)11(2)16-4-3-5-17-11/h9H,3-7H2,1-2H3. The van der Waals surface area contributed by atoms with Gasteiger partial charge in [0.2, 0.25) is 0 Å². The molecular weight excluding hydrogens is 258 g/mol. The van der Waals surface area contributed by atoms with Crippen LogP contribution < -0.4 is 0 Å². The van der Waals surface area contributed by atoms with Crippen molar-refractivity contribution >= 4 is 35.2 Å². The highest BCUT2D eigenvalue weighted by atomic mass is 32.2. The summed E-state index contributed by atoms with van der Waals surface area (Å²) in [6, 6.07) is 0. The van der Waals surface area contributed by atoms with Crippen LogP contribution in [0.1, 0.15) is 26.7 Å². The topological polar surface area (TPSA) is 47.9 Å². The highest BCUT2D eigenvalue weighted by molar-refractivity contribution is 8.19. The third-order valence-corrected chi connectivity index (χ3v) is 6.04. The van der Waals surface area contributed by atoms with Crippen LogP contribution in [0.25, 0.3) is 0 Å². The van der Waals surface area contributed by atoms with Crippen LogP contribution in [0.4, 0.5) is 0 Å². The van der Waals surface area contributed by atoms with Gasteiger partial charge in [-0.25, -0.2) is 0 Å². The Hall–Kier alpha value is -0.360. The molecule has 0 aromatic rings. The summed E-state index contributed by atoms with van der Waals surface area (Å²) in [4.78, 5) is 16.0. The molecule has 0 aliphatic carbocycles. The van der Waals surface area contributed by atoms with E-state index in [0.29, 0.717) is 6.61 Å². The minimum Gasteiger partial charge on any atom is -0.462 e. The van der Waals surface area contributed by atoms with Crippen molar-refractivity contribution in [3.05, 3.63) is 0 Å². The quantitative estimate of drug-likeness (QED) is 0.740. The van der Waals surface area contributed by atoms with Crippen molar-refractivity contribution in [3.63, 3.8) is 0 Å². The Bertz CT molecular complexity index is 327. The minimum absolute atomic E-state index is 0.0449. The van der Waals surface area contributed by atoms with Gasteiger partial charge in [-0.15, -0.1) is 23.5 Å². The Morgan fingerprint density at radius 3 is 2.94 bits per heavy atom. The molecule has 0 spiro atoms. The number of hydrogen-bond donors (Lipinski definition) is 0. The van der Waals surface area contributed by atoms with Crippen molar-refractivity contribution in [2.24, 2.45) is 5.16 Å². The smallest absolute Gasteiger partial charge is 0.302 e. The SMILES string of the molecule is CC(=O)OCC1CC(C2(C)SCCCS2)=NO1. The van der Waals surface area contributed by atoms with Gasteiger partial charge in [0.15, 0.2) is 6.10 Å². The van der Waals surface area contributed by atoms with Crippen LogP contribution in [0, 0.1) is 0 Å². The number of oxime groups is 1. The molecule has 2 heterocycles. The van der Waals surface area contributed by atoms with E-state index in [1.165, 1.54) is 24.9 Å². The maximum absolute atomic E-state index is 10.7. The summed E-state index contributed by atoms with van der Waals surface area (Å²) in [7, 11) is 0. The van der Waals surface area contributed by atoms with Crippen LogP contribution in [-0.2, 0) is 14.4 Å². The second-order valence-corrected chi connectivity index (χ2v) is 7.55. The predicted molar refractivity (Wildman–Crippen MR) is 71.5 cm³/mol. The second kappa shape index (κ2) is 5.52. The van der Waals surface area contributed by atoms with Crippen LogP contribution in [0.3, 0.4) is 0 Å². The van der Waals surface area contributed by atoms with E-state index in [1.807, 2.05) is 23.5 Å². The van der Waals surface area contributed by atoms with Crippen LogP contribution in [0.5, 0.6) is 0 Å². The number of hydrogen-bond acceptors (Lipinski definition) is 6. The fourth-order valence-corrected chi connectivity index (χ4v) is 4.74. The largest absolute Gasteiger partial charge is 0.462 e. The molecule has 2 aliphatic rings. The normalized spacial score (nSPS) is 27.2. The molecule has 6 heteroatoms. The van der Waals surface area contributed by atoms with Crippen molar-refractivity contribution in [1.29, 1.82) is 0 Å². The third kappa shape index (κ3) is 3.31. The van der Waals surface area contributed by atoms with Gasteiger partial charge in [-0.05, 0) is 24.9 Å². The van der Waals surface area contributed by atoms with E-state index in [1.54, 1.807) is 0 Å². The zero-order valence-corrected chi connectivity index (χ0v) is 11.7. The van der Waals surface area contributed by atoms with Crippen molar-refractivity contribution in [2.75, 3.05) is 18.1 Å². The summed E-state index contributed by atoms with van der Waals surface area (Å²) in [5, 5.41) is 4.17. The molecule has 2 aliphatic heterocycles. The van der Waals surface area contributed by atoms with Crippen LogP contribution in [0.15, 0.2) is 5.16 Å². The number of carbonyl (C=O) groups is 1. The maximum Gasteiger partial charge on any atom is 0.302 e. The summed E-state index contributed by atoms with van der Waals surface area (Å²) in [5.74, 6) is 2.09. The Labute approximate surface area is 110 Å². The Morgan fingerprint density at radius 1 is 1.59 bits per heavy atom. The van der Waals surface area contributed by atoms with Gasteiger partial charge in [0, 0.05) is 13.3 Å². The van der Waals surface area contributed by atoms with Gasteiger partial charge in [0.05, 0.1) is 9.79 Å². The lowest BCUT2D eigenvalue weighted by Crippen LogP contribution is -2.32. The monoisotopic (exact) mass is 275 g/mol. The molecule has 0 aromatic heterocycles. The second-order valence-electron chi connectivity index (χ2n) is 4.27. The Kier molecular flexibility index (Phi) is 4.25. The van der Waals surface area contributed by atoms with E-state index in [4.69, 9.17) is 9.57 Å². The summed E-state index contributed by atoms with van der Waals surface area (Å²) in [5.41, 5.74) is 1.09. The van der Waals surface area contributed by atoms with Gasteiger partial charge >= 0.3 is 5.97 Å². The molecule has 0 radical (unpaired) electrons. The molecule has 2 rings (SSSR count). The van der Waals surface area contributed by atoms with Crippen molar-refractivity contribution in [1.82, 2.24) is 0 Å². The molecule has 0 saturated carbocycles. The highest BCUT2D eigenvalue weighted by Crippen LogP contribution is 2.45. The van der Waals surface area contributed by atoms with Gasteiger partial charge in [-0.2, -0.15) is 0 Å². The van der Waals surface area contributed by atoms with Crippen molar-refractivity contribution in [2.45, 2.75) is 36.9 Å². The van der Waals surface area contributed by atoms with Crippen LogP contribution in [0.2, 0.25) is 0 Å². The average molecular weight is 275 g/mol. The number of esters is 1. The van der Waals surface area contributed by atoms with Crippen molar-refractivity contribution < 1.29 is 14.4 Å². The number of carbonyl (C=O) groups excluding carboxylic acids is 1. The van der Waals surface area contributed by atoms with Gasteiger partial charge in [0.25, 0.3) is 0 Å². The molecule has 0 bridgehead atoms. The molecule has 4 nitrogen and oxygen atoms in total. The first-order chi connectivity index (χ1) is 8.10. The molecule has 0 aromatic carbocycles. The Balaban J connectivity index is 1.85. The lowest BCUT2D eigenvalue weighted by molar-refractivity contribution is -0.144. The van der Waals surface area contributed by atoms with Gasteiger partial charge in [-0.1, -0.05) is 5.16 Å². The first-order valence-corrected chi connectivity index (χ1v) is 7.72. The predicted octanol–water partition coefficient (Wildman–Crippen LogP) is 2.28. The maximum atomic E-state index is 10.7. The van der Waals surface area contributed by atoms with E-state index < -0.39 is 0 Å². The van der Waals surface area contributed by atoms with Crippen LogP contribution >= 0.6 is 23.5 Å². The number of rotatable bonds is 3. The molecule has 1 unspecified atom stereocenters. The fourth-order valence-electron chi connectivity index (χ4n) is 1.80. The molecule has 1 atom stereocenters. The summed E-state index contributed by atoms with van der Waals surface area (Å²) >= 11 is 3.87. The summed E-state index contributed by atoms with van der Waals surface area (Å²) < 4.78 is 4.99. The van der Waals surface area contributed by atoms with E-state index in [2.05, 4.69) is 12.1 Å². The zero-order valence-electron chi connectivity index (χ0n) is 10.1. The fraction of sp³-hybridized carbons (Fsp3) is 0.818. The number of ether oxygens (including phenoxy) is 1. The molecule has 1 saturated heterocycles. The molecular formula is C11H17NO3S2. The first kappa shape index (κ1) is 13.1. The first-order valence-electron chi connectivity index (χ1n) is 5.74. The van der Waals surface area contributed by atoms with E-state index in [0.717, 1.165) is 12.1 Å². The highest BCUT2D eigenvalue weighted by Gasteiger charge is 2.39. The molecule has 96 valence electrons. The van der Waals surface area contributed by atoms with Gasteiger partial charge in [0.1, 0.15) is 6.61 Å².